The molecule has 112 valence electrons. The Labute approximate surface area is 133 Å². The number of hydrogen-bond acceptors (Lipinski definition) is 2. The van der Waals surface area contributed by atoms with E-state index in [1.807, 2.05) is 44.2 Å². The number of para-hydroxylation sites is 1. The molecule has 0 aliphatic carbocycles. The van der Waals surface area contributed by atoms with Crippen molar-refractivity contribution in [1.29, 1.82) is 0 Å². The average Bonchev–Trinajstić information content (AvgIpc) is 2.46. The van der Waals surface area contributed by atoms with Gasteiger partial charge >= 0.3 is 0 Å². The van der Waals surface area contributed by atoms with Crippen LogP contribution in [0.3, 0.4) is 0 Å². The molecule has 0 saturated carbocycles. The van der Waals surface area contributed by atoms with Crippen molar-refractivity contribution in [2.75, 3.05) is 7.11 Å². The van der Waals surface area contributed by atoms with E-state index >= 15 is 0 Å². The largest absolute Gasteiger partial charge is 0.496 e. The van der Waals surface area contributed by atoms with Crippen molar-refractivity contribution in [3.8, 4) is 5.75 Å². The molecule has 1 N–H and O–H groups in total. The summed E-state index contributed by atoms with van der Waals surface area (Å²) in [6, 6.07) is 12.9. The van der Waals surface area contributed by atoms with Crippen LogP contribution in [0.4, 0.5) is 4.39 Å². The molecule has 0 fully saturated rings. The number of methoxy groups -OCH3 is 1. The Morgan fingerprint density at radius 1 is 1.05 bits per heavy atom. The zero-order valence-electron chi connectivity index (χ0n) is 12.4. The summed E-state index contributed by atoms with van der Waals surface area (Å²) < 4.78 is 20.1. The normalized spacial score (nSPS) is 13.8. The summed E-state index contributed by atoms with van der Waals surface area (Å²) in [6.07, 6.45) is 0. The molecule has 0 spiro atoms. The maximum absolute atomic E-state index is 14.0. The molecular weight excluding hydrogens is 333 g/mol. The third-order valence-corrected chi connectivity index (χ3v) is 4.03. The zero-order chi connectivity index (χ0) is 15.4. The summed E-state index contributed by atoms with van der Waals surface area (Å²) >= 11 is 3.27. The Hall–Kier alpha value is -1.39. The number of hydrogen-bond donors (Lipinski definition) is 1. The van der Waals surface area contributed by atoms with E-state index in [4.69, 9.17) is 4.74 Å². The minimum Gasteiger partial charge on any atom is -0.496 e. The van der Waals surface area contributed by atoms with Gasteiger partial charge in [0.1, 0.15) is 11.6 Å². The first-order valence-corrected chi connectivity index (χ1v) is 7.66. The molecule has 4 heteroatoms. The topological polar surface area (TPSA) is 21.3 Å². The predicted octanol–water partition coefficient (Wildman–Crippen LogP) is 5.01. The number of nitrogens with one attached hydrogen (secondary N) is 1. The van der Waals surface area contributed by atoms with E-state index in [-0.39, 0.29) is 17.9 Å². The fourth-order valence-electron chi connectivity index (χ4n) is 2.43. The molecule has 0 amide bonds. The lowest BCUT2D eigenvalue weighted by atomic mass is 10.0. The molecule has 2 atom stereocenters. The van der Waals surface area contributed by atoms with Crippen molar-refractivity contribution in [3.05, 3.63) is 63.9 Å². The maximum atomic E-state index is 14.0. The van der Waals surface area contributed by atoms with Crippen LogP contribution in [0.25, 0.3) is 0 Å². The van der Waals surface area contributed by atoms with E-state index in [1.54, 1.807) is 13.2 Å². The molecule has 0 aliphatic heterocycles. The van der Waals surface area contributed by atoms with E-state index in [0.717, 1.165) is 15.8 Å². The van der Waals surface area contributed by atoms with Gasteiger partial charge in [0, 0.05) is 27.7 Å². The number of halogens is 2. The highest BCUT2D eigenvalue weighted by atomic mass is 79.9. The van der Waals surface area contributed by atoms with Gasteiger partial charge in [0.15, 0.2) is 0 Å². The second-order valence-corrected chi connectivity index (χ2v) is 5.93. The SMILES string of the molecule is COc1ccccc1[C@H](C)NC(C)c1ccc(Br)cc1F. The number of ether oxygens (including phenoxy) is 1. The van der Waals surface area contributed by atoms with Gasteiger partial charge in [0.25, 0.3) is 0 Å². The lowest BCUT2D eigenvalue weighted by molar-refractivity contribution is 0.395. The van der Waals surface area contributed by atoms with Gasteiger partial charge in [-0.05, 0) is 32.0 Å². The lowest BCUT2D eigenvalue weighted by Crippen LogP contribution is -2.23. The van der Waals surface area contributed by atoms with Crippen LogP contribution in [0.2, 0.25) is 0 Å². The lowest BCUT2D eigenvalue weighted by Gasteiger charge is -2.22. The molecule has 2 aromatic rings. The first kappa shape index (κ1) is 16.0. The molecule has 0 aliphatic rings. The second-order valence-electron chi connectivity index (χ2n) is 5.02. The summed E-state index contributed by atoms with van der Waals surface area (Å²) in [5.74, 6) is 0.623. The average molecular weight is 352 g/mol. The summed E-state index contributed by atoms with van der Waals surface area (Å²) in [4.78, 5) is 0. The van der Waals surface area contributed by atoms with Crippen LogP contribution in [-0.4, -0.2) is 7.11 Å². The molecule has 1 unspecified atom stereocenters. The monoisotopic (exact) mass is 351 g/mol. The maximum Gasteiger partial charge on any atom is 0.129 e. The highest BCUT2D eigenvalue weighted by Gasteiger charge is 2.16. The van der Waals surface area contributed by atoms with Crippen molar-refractivity contribution < 1.29 is 9.13 Å². The minimum absolute atomic E-state index is 0.0548. The second kappa shape index (κ2) is 7.05. The van der Waals surface area contributed by atoms with Gasteiger partial charge in [-0.15, -0.1) is 0 Å². The number of benzene rings is 2. The van der Waals surface area contributed by atoms with Crippen molar-refractivity contribution in [2.45, 2.75) is 25.9 Å². The first-order chi connectivity index (χ1) is 10.0. The van der Waals surface area contributed by atoms with E-state index < -0.39 is 0 Å². The first-order valence-electron chi connectivity index (χ1n) is 6.87. The van der Waals surface area contributed by atoms with Gasteiger partial charge in [0.05, 0.1) is 7.11 Å². The Morgan fingerprint density at radius 2 is 1.71 bits per heavy atom. The van der Waals surface area contributed by atoms with Crippen LogP contribution in [0, 0.1) is 5.82 Å². The fraction of sp³-hybridized carbons (Fsp3) is 0.294. The summed E-state index contributed by atoms with van der Waals surface area (Å²) in [6.45, 7) is 4.00. The molecule has 0 saturated heterocycles. The van der Waals surface area contributed by atoms with Crippen LogP contribution in [0.15, 0.2) is 46.9 Å². The highest BCUT2D eigenvalue weighted by molar-refractivity contribution is 9.10. The van der Waals surface area contributed by atoms with Gasteiger partial charge in [-0.1, -0.05) is 40.2 Å². The molecule has 0 aromatic heterocycles. The molecule has 2 aromatic carbocycles. The molecule has 0 bridgehead atoms. The third kappa shape index (κ3) is 3.83. The molecule has 2 rings (SSSR count). The van der Waals surface area contributed by atoms with Gasteiger partial charge in [0.2, 0.25) is 0 Å². The highest BCUT2D eigenvalue weighted by Crippen LogP contribution is 2.28. The van der Waals surface area contributed by atoms with Crippen molar-refractivity contribution >= 4 is 15.9 Å². The quantitative estimate of drug-likeness (QED) is 0.817. The van der Waals surface area contributed by atoms with Gasteiger partial charge in [-0.3, -0.25) is 0 Å². The van der Waals surface area contributed by atoms with Crippen molar-refractivity contribution in [2.24, 2.45) is 0 Å². The molecule has 21 heavy (non-hydrogen) atoms. The summed E-state index contributed by atoms with van der Waals surface area (Å²) in [5, 5.41) is 3.41. The summed E-state index contributed by atoms with van der Waals surface area (Å²) in [5.41, 5.74) is 1.71. The van der Waals surface area contributed by atoms with Gasteiger partial charge < -0.3 is 10.1 Å². The molecule has 2 nitrogen and oxygen atoms in total. The van der Waals surface area contributed by atoms with Crippen LogP contribution in [-0.2, 0) is 0 Å². The third-order valence-electron chi connectivity index (χ3n) is 3.53. The Morgan fingerprint density at radius 3 is 2.38 bits per heavy atom. The summed E-state index contributed by atoms with van der Waals surface area (Å²) in [7, 11) is 1.66. The number of rotatable bonds is 5. The zero-order valence-corrected chi connectivity index (χ0v) is 13.9. The van der Waals surface area contributed by atoms with Crippen LogP contribution >= 0.6 is 15.9 Å². The van der Waals surface area contributed by atoms with E-state index in [0.29, 0.717) is 5.56 Å². The molecule has 0 radical (unpaired) electrons. The van der Waals surface area contributed by atoms with Crippen LogP contribution < -0.4 is 10.1 Å². The van der Waals surface area contributed by atoms with Gasteiger partial charge in [-0.2, -0.15) is 0 Å². The van der Waals surface area contributed by atoms with Crippen molar-refractivity contribution in [3.63, 3.8) is 0 Å². The minimum atomic E-state index is -0.211. The standard InChI is InChI=1S/C17H19BrFNO/c1-11(14-9-8-13(18)10-16(14)19)20-12(2)15-6-4-5-7-17(15)21-3/h4-12,20H,1-3H3/t11?,12-/m0/s1. The van der Waals surface area contributed by atoms with Crippen molar-refractivity contribution in [1.82, 2.24) is 5.32 Å². The molecule has 0 heterocycles. The van der Waals surface area contributed by atoms with Crippen LogP contribution in [0.5, 0.6) is 5.75 Å². The smallest absolute Gasteiger partial charge is 0.129 e. The van der Waals surface area contributed by atoms with E-state index in [1.165, 1.54) is 6.07 Å². The van der Waals surface area contributed by atoms with E-state index in [9.17, 15) is 4.39 Å². The molecular formula is C17H19BrFNO. The van der Waals surface area contributed by atoms with Gasteiger partial charge in [-0.25, -0.2) is 4.39 Å². The predicted molar refractivity (Wildman–Crippen MR) is 87.1 cm³/mol. The fourth-order valence-corrected chi connectivity index (χ4v) is 2.76. The van der Waals surface area contributed by atoms with E-state index in [2.05, 4.69) is 21.2 Å². The van der Waals surface area contributed by atoms with Crippen LogP contribution in [0.1, 0.15) is 37.1 Å². The Bertz CT molecular complexity index is 617. The Kier molecular flexibility index (Phi) is 5.37. The Balaban J connectivity index is 2.16.